The first kappa shape index (κ1) is 148. The molecule has 0 saturated carbocycles. The van der Waals surface area contributed by atoms with Gasteiger partial charge in [0.1, 0.15) is 6.10 Å². The Balaban J connectivity index is -0.000000155. The first-order valence-corrected chi connectivity index (χ1v) is 52.2. The molecule has 0 heterocycles. The number of hydrogen-bond acceptors (Lipinski definition) is 17. The molecule has 792 valence electrons. The number of carbonyl (C=O) groups excluding carboxylic acids is 4. The Bertz CT molecular complexity index is 2360. The second kappa shape index (κ2) is 75.8. The number of rotatable bonds is 41. The number of ether oxygens (including phenoxy) is 9. The van der Waals surface area contributed by atoms with Crippen molar-refractivity contribution >= 4 is 35.6 Å². The molecule has 0 fully saturated rings. The molecule has 0 aromatic carbocycles. The van der Waals surface area contributed by atoms with Crippen molar-refractivity contribution in [3.05, 3.63) is 0 Å². The van der Waals surface area contributed by atoms with E-state index in [1.165, 1.54) is 134 Å². The summed E-state index contributed by atoms with van der Waals surface area (Å²) in [6.45, 7) is 125. The molecule has 0 aliphatic heterocycles. The Morgan fingerprint density at radius 1 is 0.338 bits per heavy atom. The van der Waals surface area contributed by atoms with E-state index in [1.807, 2.05) is 138 Å². The highest BCUT2D eigenvalue weighted by Gasteiger charge is 2.24. The van der Waals surface area contributed by atoms with Gasteiger partial charge in [-0.25, -0.2) is 0 Å². The fraction of sp³-hybridized carbons (Fsp3) is 0.964. The van der Waals surface area contributed by atoms with E-state index in [2.05, 4.69) is 242 Å². The fourth-order valence-electron chi connectivity index (χ4n) is 10.4. The van der Waals surface area contributed by atoms with Gasteiger partial charge in [0.05, 0.1) is 65.8 Å². The predicted octanol–water partition coefficient (Wildman–Crippen LogP) is 31.3. The Labute approximate surface area is 819 Å². The van der Waals surface area contributed by atoms with Gasteiger partial charge in [-0.2, -0.15) is 11.8 Å². The molecule has 0 saturated heterocycles. The topological polar surface area (TPSA) is 199 Å². The van der Waals surface area contributed by atoms with Crippen LogP contribution in [0.25, 0.3) is 0 Å². The van der Waals surface area contributed by atoms with Gasteiger partial charge in [-0.1, -0.05) is 228 Å². The molecule has 18 heteroatoms. The molecule has 0 aromatic heterocycles. The van der Waals surface area contributed by atoms with Crippen LogP contribution in [0.5, 0.6) is 0 Å². The van der Waals surface area contributed by atoms with Crippen molar-refractivity contribution < 1.29 is 66.9 Å². The van der Waals surface area contributed by atoms with Gasteiger partial charge in [0, 0.05) is 57.3 Å². The summed E-state index contributed by atoms with van der Waals surface area (Å²) >= 11 is 2.13. The minimum Gasteiger partial charge on any atom is -0.463 e. The van der Waals surface area contributed by atoms with Gasteiger partial charge >= 0.3 is 17.9 Å². The molecule has 130 heavy (non-hydrogen) atoms. The van der Waals surface area contributed by atoms with Crippen LogP contribution in [0.1, 0.15) is 496 Å². The van der Waals surface area contributed by atoms with E-state index in [4.69, 9.17) is 42.6 Å². The summed E-state index contributed by atoms with van der Waals surface area (Å²) in [5.41, 5.74) is 3.36. The van der Waals surface area contributed by atoms with Gasteiger partial charge in [-0.3, -0.25) is 19.2 Å². The average Bonchev–Trinajstić information content (AvgIpc) is 0.895. The molecule has 3 N–H and O–H groups in total. The molecule has 0 aliphatic carbocycles. The third kappa shape index (κ3) is 166. The van der Waals surface area contributed by atoms with Crippen LogP contribution in [-0.2, 0) is 61.8 Å². The van der Waals surface area contributed by atoms with E-state index < -0.39 is 12.4 Å². The van der Waals surface area contributed by atoms with Gasteiger partial charge in [0.2, 0.25) is 12.2 Å². The minimum atomic E-state index is -0.806. The van der Waals surface area contributed by atoms with Gasteiger partial charge in [0.15, 0.2) is 0 Å². The largest absolute Gasteiger partial charge is 0.463 e. The van der Waals surface area contributed by atoms with Crippen molar-refractivity contribution in [2.45, 2.75) is 555 Å². The lowest BCUT2D eigenvalue weighted by molar-refractivity contribution is -0.189. The number of thioether (sulfide) groups is 1. The highest BCUT2D eigenvalue weighted by molar-refractivity contribution is 7.99. The molecule has 0 aliphatic rings. The quantitative estimate of drug-likeness (QED) is 0.0296. The number of carbonyl (C=O) groups is 4. The van der Waals surface area contributed by atoms with E-state index in [-0.39, 0.29) is 75.1 Å². The standard InChI is InChI=1S/C15H33N.C14H30O.C14H30S.C12H25NO2.C11H25N.C11H24O3.C11H24O.C10H18O4.C8H16O2.C6H14O/c1-14(2,3)10-8-12-16(7)13-9-11-15(4,5)6;2*1-13(2,3)9-7-11-15-12-8-10-14(4,5)6;1-11(2,3)10(14)13-8-7-9-15-12(4,5)6;1-10(2,3)8-7-9-12-11(4,5)6;1-10(2,3)13-7-9(12)8-14-11(4,5)6;1-10(2,3)8-7-9-12-11(4,5)6;1-6(2)9(11)13-8(5)14-10(12)7(3)4;1-6(2)5-8(9)10-7(3)4;1-5(2)7-6(3)4/h8-13H2,1-7H3;2*7-12H2,1-6H3;7-9H2,1-6H3,(H,13,14);12H,7-9H2,1-6H3;9,12H,7-8H2,1-6H3;7-9H2,1-6H3;6-8H,1-5H3;6-7H,5H2,1-4H3;5-6H,1-4H3. The second-order valence-electron chi connectivity index (χ2n) is 53.4. The number of aliphatic hydroxyl groups is 1. The summed E-state index contributed by atoms with van der Waals surface area (Å²) in [5, 5.41) is 15.9. The average molecular weight is 1880 g/mol. The van der Waals surface area contributed by atoms with Crippen molar-refractivity contribution in [3.63, 3.8) is 0 Å². The smallest absolute Gasteiger partial charge is 0.311 e. The summed E-state index contributed by atoms with van der Waals surface area (Å²) in [6, 6.07) is 0. The Morgan fingerprint density at radius 2 is 0.623 bits per heavy atom. The number of hydrogen-bond donors (Lipinski definition) is 3. The molecular formula is C112H239N3O14S. The van der Waals surface area contributed by atoms with Gasteiger partial charge in [-0.15, -0.1) is 0 Å². The van der Waals surface area contributed by atoms with E-state index in [1.54, 1.807) is 27.7 Å². The van der Waals surface area contributed by atoms with Crippen LogP contribution in [0.3, 0.4) is 0 Å². The van der Waals surface area contributed by atoms with Crippen LogP contribution in [0, 0.1) is 66.5 Å². The minimum absolute atomic E-state index is 0.0197. The lowest BCUT2D eigenvalue weighted by Crippen LogP contribution is -2.36. The summed E-state index contributed by atoms with van der Waals surface area (Å²) < 4.78 is 47.5. The zero-order valence-corrected chi connectivity index (χ0v) is 99.3. The molecule has 0 atom stereocenters. The van der Waals surface area contributed by atoms with Crippen molar-refractivity contribution in [3.8, 4) is 0 Å². The summed E-state index contributed by atoms with van der Waals surface area (Å²) in [4.78, 5) is 47.0. The molecule has 1 amide bonds. The third-order valence-corrected chi connectivity index (χ3v) is 18.5. The normalized spacial score (nSPS) is 12.7. The maximum absolute atomic E-state index is 11.5. The highest BCUT2D eigenvalue weighted by Crippen LogP contribution is 2.28. The third-order valence-electron chi connectivity index (χ3n) is 17.4. The molecule has 0 unspecified atom stereocenters. The van der Waals surface area contributed by atoms with Crippen molar-refractivity contribution in [2.24, 2.45) is 66.5 Å². The van der Waals surface area contributed by atoms with E-state index in [0.717, 1.165) is 32.8 Å². The first-order valence-electron chi connectivity index (χ1n) is 51.0. The molecular weight excluding hydrogens is 1640 g/mol. The van der Waals surface area contributed by atoms with E-state index in [9.17, 15) is 24.3 Å². The molecule has 17 nitrogen and oxygen atoms in total. The lowest BCUT2D eigenvalue weighted by atomic mass is 9.90. The van der Waals surface area contributed by atoms with Crippen LogP contribution in [0.15, 0.2) is 0 Å². The van der Waals surface area contributed by atoms with Crippen LogP contribution in [0.4, 0.5) is 0 Å². The molecule has 0 bridgehead atoms. The van der Waals surface area contributed by atoms with Gasteiger partial charge in [0.25, 0.3) is 0 Å². The zero-order valence-electron chi connectivity index (χ0n) is 98.4. The number of amides is 1. The zero-order chi connectivity index (χ0) is 105. The molecule has 0 aromatic rings. The number of nitrogens with one attached hydrogen (secondary N) is 2. The monoisotopic (exact) mass is 1880 g/mol. The van der Waals surface area contributed by atoms with Gasteiger partial charge < -0.3 is 63.3 Å². The second-order valence-corrected chi connectivity index (χ2v) is 54.6. The fourth-order valence-corrected chi connectivity index (χ4v) is 11.3. The molecule has 0 radical (unpaired) electrons. The lowest BCUT2D eigenvalue weighted by Gasteiger charge is -2.25. The SMILES string of the molecule is CC(C)(C)CCCNC(C)(C)C.CC(C)(C)CCCOC(C)(C)C.CC(C)(C)CCCOCCCC(C)(C)C.CC(C)(C)CCCSCCCC(C)(C)C.CC(C)(C)OCC(O)COC(C)(C)C.CC(C)(C)OCCCNC(=O)C(C)(C)C.CC(C)CC(=O)OC(C)C.CC(C)OC(C)C.CC(OC(=O)C(C)C)OC(=O)C(C)C.CN(CCCC(C)(C)C)CCCC(C)(C)C. The van der Waals surface area contributed by atoms with Crippen molar-refractivity contribution in [1.82, 2.24) is 15.5 Å². The van der Waals surface area contributed by atoms with Crippen LogP contribution >= 0.6 is 11.8 Å². The van der Waals surface area contributed by atoms with Crippen LogP contribution < -0.4 is 10.6 Å². The maximum Gasteiger partial charge on any atom is 0.311 e. The predicted molar refractivity (Wildman–Crippen MR) is 572 cm³/mol. The Kier molecular flexibility index (Phi) is 86.3. The first-order chi connectivity index (χ1) is 57.6. The van der Waals surface area contributed by atoms with E-state index >= 15 is 0 Å². The van der Waals surface area contributed by atoms with Crippen molar-refractivity contribution in [2.75, 3.05) is 84.4 Å². The number of esters is 3. The molecule has 0 spiro atoms. The van der Waals surface area contributed by atoms with Crippen LogP contribution in [-0.4, -0.2) is 177 Å². The van der Waals surface area contributed by atoms with E-state index in [0.29, 0.717) is 94.2 Å². The summed E-state index contributed by atoms with van der Waals surface area (Å²) in [7, 11) is 2.26. The summed E-state index contributed by atoms with van der Waals surface area (Å²) in [6.07, 6.45) is 21.5. The number of nitrogens with zero attached hydrogens (tertiary/aromatic N) is 1. The Morgan fingerprint density at radius 3 is 0.877 bits per heavy atom. The highest BCUT2D eigenvalue weighted by atomic mass is 32.2. The van der Waals surface area contributed by atoms with Crippen molar-refractivity contribution in [1.29, 1.82) is 0 Å². The Hall–Kier alpha value is -2.13. The number of aliphatic hydroxyl groups excluding tert-OH is 1. The van der Waals surface area contributed by atoms with Gasteiger partial charge in [-0.05, 0) is 342 Å². The van der Waals surface area contributed by atoms with Crippen LogP contribution in [0.2, 0.25) is 0 Å². The maximum atomic E-state index is 11.5. The molecule has 0 rings (SSSR count). The summed E-state index contributed by atoms with van der Waals surface area (Å²) in [5.74, 6) is 1.94.